The Hall–Kier alpha value is -3.11. The molecular formula is C22H26FN3O5S. The number of rotatable bonds is 9. The number of carboxylic acids is 1. The number of halogens is 1. The average molecular weight is 464 g/mol. The summed E-state index contributed by atoms with van der Waals surface area (Å²) < 4.78 is 38.6. The van der Waals surface area contributed by atoms with Crippen molar-refractivity contribution >= 4 is 28.0 Å². The van der Waals surface area contributed by atoms with Crippen LogP contribution in [0, 0.1) is 5.82 Å². The highest BCUT2D eigenvalue weighted by Crippen LogP contribution is 2.31. The normalized spacial score (nSPS) is 13.2. The van der Waals surface area contributed by atoms with Crippen LogP contribution in [0.25, 0.3) is 17.3 Å². The second kappa shape index (κ2) is 10.5. The summed E-state index contributed by atoms with van der Waals surface area (Å²) in [6, 6.07) is 5.59. The summed E-state index contributed by atoms with van der Waals surface area (Å²) in [5.74, 6) is -1.70. The summed E-state index contributed by atoms with van der Waals surface area (Å²) in [6.07, 6.45) is 5.52. The number of anilines is 1. The summed E-state index contributed by atoms with van der Waals surface area (Å²) in [5.41, 5.74) is 1.99. The Labute approximate surface area is 186 Å². The van der Waals surface area contributed by atoms with Crippen molar-refractivity contribution in [2.75, 3.05) is 17.6 Å². The van der Waals surface area contributed by atoms with E-state index in [0.717, 1.165) is 16.6 Å². The van der Waals surface area contributed by atoms with Gasteiger partial charge in [-0.05, 0) is 36.6 Å². The van der Waals surface area contributed by atoms with E-state index >= 15 is 0 Å². The van der Waals surface area contributed by atoms with E-state index < -0.39 is 27.9 Å². The maximum Gasteiger partial charge on any atom is 0.327 e. The molecule has 1 atom stereocenters. The van der Waals surface area contributed by atoms with Gasteiger partial charge < -0.3 is 10.2 Å². The van der Waals surface area contributed by atoms with E-state index in [-0.39, 0.29) is 18.3 Å². The Morgan fingerprint density at radius 3 is 2.38 bits per heavy atom. The summed E-state index contributed by atoms with van der Waals surface area (Å²) >= 11 is 0. The molecule has 0 radical (unpaired) electrons. The fraction of sp³-hybridized carbons (Fsp3) is 0.318. The molecule has 0 aliphatic carbocycles. The van der Waals surface area contributed by atoms with Gasteiger partial charge in [-0.3, -0.25) is 0 Å². The van der Waals surface area contributed by atoms with Gasteiger partial charge in [-0.1, -0.05) is 32.1 Å². The van der Waals surface area contributed by atoms with Crippen molar-refractivity contribution in [3.63, 3.8) is 0 Å². The molecule has 0 aliphatic heterocycles. The van der Waals surface area contributed by atoms with Crippen molar-refractivity contribution in [1.82, 2.24) is 9.97 Å². The van der Waals surface area contributed by atoms with Crippen molar-refractivity contribution in [2.24, 2.45) is 0 Å². The van der Waals surface area contributed by atoms with Crippen molar-refractivity contribution < 1.29 is 27.8 Å². The number of carbonyl (C=O) groups is 1. The van der Waals surface area contributed by atoms with E-state index in [1.807, 2.05) is 13.8 Å². The minimum atomic E-state index is -3.63. The Balaban J connectivity index is 2.65. The standard InChI is InChI=1S/C22H26FN3O5S/c1-14(2)20-18(13-12-17(27)6-5-7-19(28)29)21(15-8-10-16(23)11-9-15)25-22(24-20)26(3)32(4,30)31/h5,7-14,17,27H,6H2,1-4H3,(H,28,29)/t17-/m0/s1. The second-order valence-electron chi connectivity index (χ2n) is 7.47. The molecule has 172 valence electrons. The van der Waals surface area contributed by atoms with Gasteiger partial charge in [-0.2, -0.15) is 0 Å². The van der Waals surface area contributed by atoms with Crippen LogP contribution < -0.4 is 4.31 Å². The molecule has 1 aromatic heterocycles. The Morgan fingerprint density at radius 2 is 1.84 bits per heavy atom. The van der Waals surface area contributed by atoms with Gasteiger partial charge in [-0.25, -0.2) is 31.9 Å². The number of aromatic nitrogens is 2. The molecule has 2 rings (SSSR count). The number of aliphatic hydroxyl groups excluding tert-OH is 1. The first kappa shape index (κ1) is 25.2. The minimum Gasteiger partial charge on any atom is -0.478 e. The molecule has 1 aromatic carbocycles. The van der Waals surface area contributed by atoms with Crippen LogP contribution in [0.2, 0.25) is 0 Å². The predicted octanol–water partition coefficient (Wildman–Crippen LogP) is 3.21. The van der Waals surface area contributed by atoms with E-state index in [1.54, 1.807) is 6.08 Å². The zero-order valence-corrected chi connectivity index (χ0v) is 19.0. The second-order valence-corrected chi connectivity index (χ2v) is 9.48. The first-order valence-corrected chi connectivity index (χ1v) is 11.6. The van der Waals surface area contributed by atoms with Gasteiger partial charge in [0, 0.05) is 24.3 Å². The van der Waals surface area contributed by atoms with Crippen molar-refractivity contribution in [3.05, 3.63) is 59.6 Å². The molecule has 0 fully saturated rings. The van der Waals surface area contributed by atoms with Crippen LogP contribution in [0.5, 0.6) is 0 Å². The third kappa shape index (κ3) is 6.69. The maximum absolute atomic E-state index is 13.5. The molecule has 1 heterocycles. The Kier molecular flexibility index (Phi) is 8.23. The fourth-order valence-corrected chi connectivity index (χ4v) is 3.17. The zero-order chi connectivity index (χ0) is 24.1. The SMILES string of the molecule is CC(C)c1nc(N(C)S(C)(=O)=O)nc(-c2ccc(F)cc2)c1C=C[C@@H](O)CC=CC(=O)O. The lowest BCUT2D eigenvalue weighted by Gasteiger charge is -2.20. The molecule has 32 heavy (non-hydrogen) atoms. The molecule has 0 saturated carbocycles. The Bertz CT molecular complexity index is 1130. The fourth-order valence-electron chi connectivity index (χ4n) is 2.79. The van der Waals surface area contributed by atoms with Gasteiger partial charge in [0.15, 0.2) is 0 Å². The molecule has 0 amide bonds. The molecule has 8 nitrogen and oxygen atoms in total. The number of benzene rings is 1. The van der Waals surface area contributed by atoms with E-state index in [4.69, 9.17) is 5.11 Å². The average Bonchev–Trinajstić information content (AvgIpc) is 2.70. The van der Waals surface area contributed by atoms with Crippen LogP contribution in [-0.2, 0) is 14.8 Å². The first-order valence-electron chi connectivity index (χ1n) is 9.77. The van der Waals surface area contributed by atoms with Crippen LogP contribution in [0.1, 0.15) is 37.4 Å². The van der Waals surface area contributed by atoms with Crippen LogP contribution in [0.4, 0.5) is 10.3 Å². The molecule has 0 spiro atoms. The van der Waals surface area contributed by atoms with Gasteiger partial charge >= 0.3 is 5.97 Å². The number of hydrogen-bond acceptors (Lipinski definition) is 6. The van der Waals surface area contributed by atoms with Crippen LogP contribution >= 0.6 is 0 Å². The first-order chi connectivity index (χ1) is 14.9. The highest BCUT2D eigenvalue weighted by molar-refractivity contribution is 7.92. The highest BCUT2D eigenvalue weighted by Gasteiger charge is 2.22. The van der Waals surface area contributed by atoms with E-state index in [2.05, 4.69) is 9.97 Å². The molecule has 2 aromatic rings. The van der Waals surface area contributed by atoms with Crippen LogP contribution in [0.15, 0.2) is 42.5 Å². The monoisotopic (exact) mass is 463 g/mol. The number of carboxylic acid groups (broad SMARTS) is 1. The van der Waals surface area contributed by atoms with Crippen molar-refractivity contribution in [1.29, 1.82) is 0 Å². The summed E-state index contributed by atoms with van der Waals surface area (Å²) in [7, 11) is -2.28. The van der Waals surface area contributed by atoms with Crippen LogP contribution in [-0.4, -0.2) is 54.0 Å². The highest BCUT2D eigenvalue weighted by atomic mass is 32.2. The van der Waals surface area contributed by atoms with E-state index in [0.29, 0.717) is 22.5 Å². The minimum absolute atomic E-state index is 0.0300. The smallest absolute Gasteiger partial charge is 0.327 e. The quantitative estimate of drug-likeness (QED) is 0.548. The number of aliphatic hydroxyl groups is 1. The largest absolute Gasteiger partial charge is 0.478 e. The topological polar surface area (TPSA) is 121 Å². The molecule has 0 saturated heterocycles. The van der Waals surface area contributed by atoms with Gasteiger partial charge in [0.2, 0.25) is 16.0 Å². The molecule has 0 aliphatic rings. The number of nitrogens with zero attached hydrogens (tertiary/aromatic N) is 3. The predicted molar refractivity (Wildman–Crippen MR) is 121 cm³/mol. The van der Waals surface area contributed by atoms with Gasteiger partial charge in [0.1, 0.15) is 5.82 Å². The third-order valence-corrected chi connectivity index (χ3v) is 5.69. The van der Waals surface area contributed by atoms with E-state index in [9.17, 15) is 22.7 Å². The van der Waals surface area contributed by atoms with Crippen molar-refractivity contribution in [3.8, 4) is 11.3 Å². The molecule has 0 unspecified atom stereocenters. The lowest BCUT2D eigenvalue weighted by Crippen LogP contribution is -2.27. The number of aliphatic carboxylic acids is 1. The number of sulfonamides is 1. The van der Waals surface area contributed by atoms with Gasteiger partial charge in [0.05, 0.1) is 23.7 Å². The lowest BCUT2D eigenvalue weighted by molar-refractivity contribution is -0.131. The molecule has 0 bridgehead atoms. The number of hydrogen-bond donors (Lipinski definition) is 2. The summed E-state index contributed by atoms with van der Waals surface area (Å²) in [5, 5.41) is 18.9. The van der Waals surface area contributed by atoms with Crippen molar-refractivity contribution in [2.45, 2.75) is 32.3 Å². The van der Waals surface area contributed by atoms with Gasteiger partial charge in [-0.15, -0.1) is 0 Å². The summed E-state index contributed by atoms with van der Waals surface area (Å²) in [6.45, 7) is 3.76. The molecular weight excluding hydrogens is 437 g/mol. The van der Waals surface area contributed by atoms with Crippen LogP contribution in [0.3, 0.4) is 0 Å². The lowest BCUT2D eigenvalue weighted by atomic mass is 9.97. The molecule has 10 heteroatoms. The van der Waals surface area contributed by atoms with Gasteiger partial charge in [0.25, 0.3) is 0 Å². The van der Waals surface area contributed by atoms with E-state index in [1.165, 1.54) is 43.5 Å². The summed E-state index contributed by atoms with van der Waals surface area (Å²) in [4.78, 5) is 19.5. The Morgan fingerprint density at radius 1 is 1.22 bits per heavy atom. The third-order valence-electron chi connectivity index (χ3n) is 4.53. The zero-order valence-electron chi connectivity index (χ0n) is 18.2. The molecule has 2 N–H and O–H groups in total. The maximum atomic E-state index is 13.5.